The summed E-state index contributed by atoms with van der Waals surface area (Å²) in [6.07, 6.45) is 3.28. The second-order valence-electron chi connectivity index (χ2n) is 5.93. The van der Waals surface area contributed by atoms with Gasteiger partial charge in [0.2, 0.25) is 11.8 Å². The summed E-state index contributed by atoms with van der Waals surface area (Å²) in [6.45, 7) is 0. The number of amidine groups is 2. The van der Waals surface area contributed by atoms with E-state index >= 15 is 0 Å². The molecule has 3 rings (SSSR count). The van der Waals surface area contributed by atoms with Gasteiger partial charge in [0.1, 0.15) is 17.7 Å². The third kappa shape index (κ3) is 3.85. The molecule has 0 fully saturated rings. The lowest BCUT2D eigenvalue weighted by atomic mass is 9.74. The number of nitrogens with one attached hydrogen (secondary N) is 2. The Kier molecular flexibility index (Phi) is 5.94. The van der Waals surface area contributed by atoms with Gasteiger partial charge >= 0.3 is 0 Å². The van der Waals surface area contributed by atoms with Crippen molar-refractivity contribution in [3.05, 3.63) is 35.6 Å². The van der Waals surface area contributed by atoms with Crippen LogP contribution in [0.1, 0.15) is 11.5 Å². The number of nitrogens with zero attached hydrogens (tertiary/aromatic N) is 2. The maximum atomic E-state index is 13.4. The standard InChI is InChI=1S/C17H15FN4O4S2/c1-27-16-19-12(23)10(13(24)20-16)9(7-3-5-8(18)6-4-7)11-14(25)21-17(28-2)22-15(11)26/h3-6,9-11H,1-2H3,(H,19,20,23,24)(H,21,22,25,26). The SMILES string of the molecule is CSC1=NC(=O)C(C(c2ccc(F)cc2)C2C(=O)N=C(SC)NC2=O)C(=O)N1. The first-order valence-corrected chi connectivity index (χ1v) is 10.5. The molecule has 2 atom stereocenters. The number of aliphatic imine (C=N–C) groups is 2. The summed E-state index contributed by atoms with van der Waals surface area (Å²) in [7, 11) is 0. The van der Waals surface area contributed by atoms with Crippen LogP contribution in [0.15, 0.2) is 34.3 Å². The van der Waals surface area contributed by atoms with E-state index < -0.39 is 47.2 Å². The Morgan fingerprint density at radius 1 is 0.857 bits per heavy atom. The van der Waals surface area contributed by atoms with Crippen molar-refractivity contribution in [2.24, 2.45) is 21.8 Å². The highest BCUT2D eigenvalue weighted by molar-refractivity contribution is 8.13. The van der Waals surface area contributed by atoms with Crippen LogP contribution in [0.3, 0.4) is 0 Å². The lowest BCUT2D eigenvalue weighted by molar-refractivity contribution is -0.139. The van der Waals surface area contributed by atoms with Crippen LogP contribution < -0.4 is 10.6 Å². The van der Waals surface area contributed by atoms with Gasteiger partial charge in [0.15, 0.2) is 10.3 Å². The van der Waals surface area contributed by atoms with Crippen LogP contribution in [-0.4, -0.2) is 46.5 Å². The lowest BCUT2D eigenvalue weighted by Crippen LogP contribution is -2.52. The molecule has 28 heavy (non-hydrogen) atoms. The quantitative estimate of drug-likeness (QED) is 0.699. The van der Waals surface area contributed by atoms with Crippen LogP contribution in [-0.2, 0) is 19.2 Å². The summed E-state index contributed by atoms with van der Waals surface area (Å²) >= 11 is 2.16. The molecule has 0 spiro atoms. The molecular weight excluding hydrogens is 407 g/mol. The number of carbonyl (C=O) groups excluding carboxylic acids is 4. The molecule has 0 aliphatic carbocycles. The van der Waals surface area contributed by atoms with E-state index in [-0.39, 0.29) is 15.9 Å². The van der Waals surface area contributed by atoms with Gasteiger partial charge in [-0.2, -0.15) is 9.98 Å². The molecular formula is C17H15FN4O4S2. The first kappa shape index (κ1) is 20.2. The molecule has 146 valence electrons. The van der Waals surface area contributed by atoms with Crippen molar-refractivity contribution < 1.29 is 23.6 Å². The second kappa shape index (κ2) is 8.23. The van der Waals surface area contributed by atoms with Crippen molar-refractivity contribution in [2.45, 2.75) is 5.92 Å². The molecule has 2 aliphatic rings. The maximum Gasteiger partial charge on any atom is 0.261 e. The van der Waals surface area contributed by atoms with Crippen LogP contribution in [0.25, 0.3) is 0 Å². The molecule has 0 saturated carbocycles. The maximum absolute atomic E-state index is 13.4. The number of hydrogen-bond donors (Lipinski definition) is 2. The van der Waals surface area contributed by atoms with Gasteiger partial charge in [0.25, 0.3) is 11.8 Å². The zero-order chi connectivity index (χ0) is 20.4. The molecule has 2 heterocycles. The molecule has 2 aliphatic heterocycles. The topological polar surface area (TPSA) is 117 Å². The fourth-order valence-corrected chi connectivity index (χ4v) is 3.84. The van der Waals surface area contributed by atoms with E-state index in [1.807, 2.05) is 0 Å². The van der Waals surface area contributed by atoms with Crippen molar-refractivity contribution in [2.75, 3.05) is 12.5 Å². The van der Waals surface area contributed by atoms with E-state index in [2.05, 4.69) is 20.6 Å². The second-order valence-corrected chi connectivity index (χ2v) is 7.52. The lowest BCUT2D eigenvalue weighted by Gasteiger charge is -2.32. The Morgan fingerprint density at radius 3 is 1.64 bits per heavy atom. The van der Waals surface area contributed by atoms with Crippen LogP contribution in [0.5, 0.6) is 0 Å². The van der Waals surface area contributed by atoms with Crippen molar-refractivity contribution in [3.63, 3.8) is 0 Å². The molecule has 4 amide bonds. The molecule has 11 heteroatoms. The number of benzene rings is 1. The van der Waals surface area contributed by atoms with Crippen molar-refractivity contribution in [1.29, 1.82) is 0 Å². The molecule has 0 saturated heterocycles. The highest BCUT2D eigenvalue weighted by Gasteiger charge is 2.49. The largest absolute Gasteiger partial charge is 0.304 e. The average molecular weight is 422 g/mol. The van der Waals surface area contributed by atoms with E-state index in [9.17, 15) is 23.6 Å². The molecule has 1 aromatic carbocycles. The summed E-state index contributed by atoms with van der Waals surface area (Å²) in [5.74, 6) is -7.48. The van der Waals surface area contributed by atoms with Gasteiger partial charge < -0.3 is 10.6 Å². The minimum absolute atomic E-state index is 0.131. The minimum atomic E-state index is -1.42. The number of carbonyl (C=O) groups is 4. The highest BCUT2D eigenvalue weighted by Crippen LogP contribution is 2.37. The van der Waals surface area contributed by atoms with Gasteiger partial charge in [-0.25, -0.2) is 4.39 Å². The summed E-state index contributed by atoms with van der Waals surface area (Å²) < 4.78 is 13.4. The van der Waals surface area contributed by atoms with E-state index in [0.29, 0.717) is 0 Å². The molecule has 1 aromatic rings. The predicted molar refractivity (Wildman–Crippen MR) is 104 cm³/mol. The van der Waals surface area contributed by atoms with Crippen molar-refractivity contribution in [1.82, 2.24) is 10.6 Å². The third-order valence-corrected chi connectivity index (χ3v) is 5.50. The van der Waals surface area contributed by atoms with Gasteiger partial charge in [0, 0.05) is 5.92 Å². The van der Waals surface area contributed by atoms with Crippen LogP contribution in [0, 0.1) is 17.7 Å². The van der Waals surface area contributed by atoms with Crippen LogP contribution >= 0.6 is 23.5 Å². The number of rotatable bonds is 3. The molecule has 2 unspecified atom stereocenters. The van der Waals surface area contributed by atoms with E-state index in [1.165, 1.54) is 12.1 Å². The number of thioether (sulfide) groups is 2. The Hall–Kier alpha value is -2.53. The van der Waals surface area contributed by atoms with Gasteiger partial charge in [0.05, 0.1) is 0 Å². The van der Waals surface area contributed by atoms with Gasteiger partial charge in [-0.1, -0.05) is 35.7 Å². The molecule has 8 nitrogen and oxygen atoms in total. The zero-order valence-corrected chi connectivity index (χ0v) is 16.4. The van der Waals surface area contributed by atoms with Crippen molar-refractivity contribution in [3.8, 4) is 0 Å². The van der Waals surface area contributed by atoms with Crippen LogP contribution in [0.2, 0.25) is 0 Å². The Morgan fingerprint density at radius 2 is 1.29 bits per heavy atom. The fraction of sp³-hybridized carbons (Fsp3) is 0.294. The number of amides is 4. The smallest absolute Gasteiger partial charge is 0.261 e. The van der Waals surface area contributed by atoms with E-state index in [1.54, 1.807) is 12.5 Å². The van der Waals surface area contributed by atoms with Gasteiger partial charge in [-0.05, 0) is 30.2 Å². The average Bonchev–Trinajstić information content (AvgIpc) is 2.66. The molecule has 0 bridgehead atoms. The van der Waals surface area contributed by atoms with Gasteiger partial charge in [-0.3, -0.25) is 19.2 Å². The van der Waals surface area contributed by atoms with E-state index in [0.717, 1.165) is 35.7 Å². The Balaban J connectivity index is 2.10. The summed E-state index contributed by atoms with van der Waals surface area (Å²) in [4.78, 5) is 58.2. The zero-order valence-electron chi connectivity index (χ0n) is 14.8. The normalized spacial score (nSPS) is 23.5. The Labute approximate surface area is 167 Å². The highest BCUT2D eigenvalue weighted by atomic mass is 32.2. The van der Waals surface area contributed by atoms with E-state index in [4.69, 9.17) is 0 Å². The monoisotopic (exact) mass is 422 g/mol. The first-order chi connectivity index (χ1) is 13.3. The van der Waals surface area contributed by atoms with Gasteiger partial charge in [-0.15, -0.1) is 0 Å². The molecule has 0 radical (unpaired) electrons. The minimum Gasteiger partial charge on any atom is -0.304 e. The fourth-order valence-electron chi connectivity index (χ4n) is 3.07. The summed E-state index contributed by atoms with van der Waals surface area (Å²) in [5.41, 5.74) is 0.286. The summed E-state index contributed by atoms with van der Waals surface area (Å²) in [6, 6.07) is 4.93. The van der Waals surface area contributed by atoms with Crippen molar-refractivity contribution >= 4 is 57.5 Å². The predicted octanol–water partition coefficient (Wildman–Crippen LogP) is 0.892. The summed E-state index contributed by atoms with van der Waals surface area (Å²) in [5, 5.41) is 5.25. The Bertz CT molecular complexity index is 864. The number of hydrogen-bond acceptors (Lipinski definition) is 6. The number of halogens is 1. The van der Waals surface area contributed by atoms with Crippen LogP contribution in [0.4, 0.5) is 4.39 Å². The molecule has 2 N–H and O–H groups in total. The first-order valence-electron chi connectivity index (χ1n) is 8.06. The molecule has 0 aromatic heterocycles. The third-order valence-electron chi connectivity index (χ3n) is 4.34.